The van der Waals surface area contributed by atoms with Crippen molar-refractivity contribution < 1.29 is 4.79 Å². The van der Waals surface area contributed by atoms with E-state index >= 15 is 0 Å². The highest BCUT2D eigenvalue weighted by Gasteiger charge is 1.67. The lowest BCUT2D eigenvalue weighted by Crippen LogP contribution is -2.08. The highest BCUT2D eigenvalue weighted by atomic mass is 16.1. The fraction of sp³-hybridized carbons (Fsp3) is 0.167. The quantitative estimate of drug-likeness (QED) is 0.319. The molecule has 0 spiro atoms. The maximum absolute atomic E-state index is 9.60. The van der Waals surface area contributed by atoms with Gasteiger partial charge in [0.15, 0.2) is 0 Å². The number of carbonyl (C=O) groups is 1. The molecule has 0 unspecified atom stereocenters. The van der Waals surface area contributed by atoms with Crippen LogP contribution in [-0.2, 0) is 4.79 Å². The second kappa shape index (κ2) is 5.95. The minimum Gasteiger partial charge on any atom is -0.355 e. The number of hydrogen-bond acceptors (Lipinski definition) is 1. The van der Waals surface area contributed by atoms with E-state index in [1.54, 1.807) is 18.2 Å². The van der Waals surface area contributed by atoms with Gasteiger partial charge in [-0.3, -0.25) is 4.79 Å². The van der Waals surface area contributed by atoms with Crippen LogP contribution in [0.5, 0.6) is 0 Å². The average Bonchev–Trinajstić information content (AvgIpc) is 1.81. The van der Waals surface area contributed by atoms with Gasteiger partial charge in [0.25, 0.3) is 0 Å². The summed E-state index contributed by atoms with van der Waals surface area (Å²) >= 11 is 0. The first-order valence-corrected chi connectivity index (χ1v) is 2.36. The van der Waals surface area contributed by atoms with E-state index in [1.807, 2.05) is 0 Å². The zero-order chi connectivity index (χ0) is 6.24. The van der Waals surface area contributed by atoms with Crippen molar-refractivity contribution in [2.75, 3.05) is 6.54 Å². The Morgan fingerprint density at radius 2 is 2.38 bits per heavy atom. The number of allylic oxidation sites excluding steroid dienone is 2. The van der Waals surface area contributed by atoms with Crippen molar-refractivity contribution >= 4 is 6.41 Å². The first kappa shape index (κ1) is 6.95. The van der Waals surface area contributed by atoms with E-state index < -0.39 is 0 Å². The third-order valence-corrected chi connectivity index (χ3v) is 0.591. The standard InChI is InChI=1S/C6H9NO/c1-2-3-4-5-7-6-8/h2-4,6H,1,5H2,(H,7,8)/b4-3+. The van der Waals surface area contributed by atoms with Gasteiger partial charge in [-0.05, 0) is 0 Å². The van der Waals surface area contributed by atoms with E-state index in [4.69, 9.17) is 0 Å². The lowest BCUT2D eigenvalue weighted by molar-refractivity contribution is -0.109. The summed E-state index contributed by atoms with van der Waals surface area (Å²) in [7, 11) is 0. The minimum absolute atomic E-state index is 0.579. The Bertz CT molecular complexity index is 96.7. The van der Waals surface area contributed by atoms with Crippen LogP contribution >= 0.6 is 0 Å². The molecule has 0 bridgehead atoms. The lowest BCUT2D eigenvalue weighted by atomic mass is 10.5. The molecule has 0 aliphatic rings. The Morgan fingerprint density at radius 3 is 2.88 bits per heavy atom. The van der Waals surface area contributed by atoms with E-state index in [0.717, 1.165) is 0 Å². The Labute approximate surface area is 48.9 Å². The van der Waals surface area contributed by atoms with Crippen molar-refractivity contribution in [3.8, 4) is 0 Å². The summed E-state index contributed by atoms with van der Waals surface area (Å²) in [4.78, 5) is 9.60. The molecule has 8 heavy (non-hydrogen) atoms. The Morgan fingerprint density at radius 1 is 1.62 bits per heavy atom. The molecule has 0 aromatic rings. The molecule has 0 saturated heterocycles. The number of amides is 1. The molecule has 0 fully saturated rings. The molecule has 0 saturated carbocycles. The van der Waals surface area contributed by atoms with Crippen LogP contribution in [0, 0.1) is 0 Å². The maximum Gasteiger partial charge on any atom is 0.207 e. The van der Waals surface area contributed by atoms with E-state index in [0.29, 0.717) is 13.0 Å². The summed E-state index contributed by atoms with van der Waals surface area (Å²) in [5, 5.41) is 2.47. The lowest BCUT2D eigenvalue weighted by Gasteiger charge is -1.84. The summed E-state index contributed by atoms with van der Waals surface area (Å²) in [6.45, 7) is 4.03. The molecule has 0 aromatic heterocycles. The van der Waals surface area contributed by atoms with Crippen molar-refractivity contribution in [1.29, 1.82) is 0 Å². The third kappa shape index (κ3) is 4.95. The highest BCUT2D eigenvalue weighted by Crippen LogP contribution is 1.67. The SMILES string of the molecule is C=C/C=C/CNC=O. The molecule has 0 heterocycles. The Hall–Kier alpha value is -1.05. The van der Waals surface area contributed by atoms with Crippen molar-refractivity contribution in [2.45, 2.75) is 0 Å². The number of nitrogens with one attached hydrogen (secondary N) is 1. The molecule has 2 nitrogen and oxygen atoms in total. The van der Waals surface area contributed by atoms with E-state index in [-0.39, 0.29) is 0 Å². The second-order valence-corrected chi connectivity index (χ2v) is 1.19. The molecule has 0 aliphatic carbocycles. The van der Waals surface area contributed by atoms with Gasteiger partial charge >= 0.3 is 0 Å². The summed E-state index contributed by atoms with van der Waals surface area (Å²) in [5.74, 6) is 0. The largest absolute Gasteiger partial charge is 0.355 e. The molecular formula is C6H9NO. The Balaban J connectivity index is 3.02. The van der Waals surface area contributed by atoms with Crippen molar-refractivity contribution in [2.24, 2.45) is 0 Å². The van der Waals surface area contributed by atoms with Gasteiger partial charge in [-0.15, -0.1) is 0 Å². The predicted octanol–water partition coefficient (Wildman–Crippen LogP) is 0.475. The van der Waals surface area contributed by atoms with Crippen molar-refractivity contribution in [1.82, 2.24) is 5.32 Å². The normalized spacial score (nSPS) is 9.00. The van der Waals surface area contributed by atoms with E-state index in [9.17, 15) is 4.79 Å². The molecule has 0 radical (unpaired) electrons. The zero-order valence-electron chi connectivity index (χ0n) is 4.63. The van der Waals surface area contributed by atoms with Gasteiger partial charge in [-0.25, -0.2) is 0 Å². The summed E-state index contributed by atoms with van der Waals surface area (Å²) in [6.07, 6.45) is 5.90. The molecule has 2 heteroatoms. The molecule has 0 rings (SSSR count). The minimum atomic E-state index is 0.579. The summed E-state index contributed by atoms with van der Waals surface area (Å²) in [6, 6.07) is 0. The first-order valence-electron chi connectivity index (χ1n) is 2.36. The van der Waals surface area contributed by atoms with Crippen LogP contribution in [0.25, 0.3) is 0 Å². The van der Waals surface area contributed by atoms with Crippen molar-refractivity contribution in [3.63, 3.8) is 0 Å². The topological polar surface area (TPSA) is 29.1 Å². The highest BCUT2D eigenvalue weighted by molar-refractivity contribution is 5.46. The molecule has 1 N–H and O–H groups in total. The van der Waals surface area contributed by atoms with Gasteiger partial charge in [0.2, 0.25) is 6.41 Å². The maximum atomic E-state index is 9.60. The number of carbonyl (C=O) groups excluding carboxylic acids is 1. The average molecular weight is 111 g/mol. The molecule has 1 amide bonds. The Kier molecular flexibility index (Phi) is 5.17. The van der Waals surface area contributed by atoms with Gasteiger partial charge in [0.05, 0.1) is 0 Å². The molecule has 0 aromatic carbocycles. The van der Waals surface area contributed by atoms with Crippen LogP contribution < -0.4 is 5.32 Å². The summed E-state index contributed by atoms with van der Waals surface area (Å²) in [5.41, 5.74) is 0. The van der Waals surface area contributed by atoms with Gasteiger partial charge in [-0.2, -0.15) is 0 Å². The number of hydrogen-bond donors (Lipinski definition) is 1. The van der Waals surface area contributed by atoms with Crippen LogP contribution in [0.2, 0.25) is 0 Å². The second-order valence-electron chi connectivity index (χ2n) is 1.19. The smallest absolute Gasteiger partial charge is 0.207 e. The van der Waals surface area contributed by atoms with Crippen LogP contribution in [0.4, 0.5) is 0 Å². The fourth-order valence-electron chi connectivity index (χ4n) is 0.280. The number of rotatable bonds is 4. The van der Waals surface area contributed by atoms with Gasteiger partial charge in [0, 0.05) is 6.54 Å². The van der Waals surface area contributed by atoms with Gasteiger partial charge < -0.3 is 5.32 Å². The van der Waals surface area contributed by atoms with Crippen molar-refractivity contribution in [3.05, 3.63) is 24.8 Å². The monoisotopic (exact) mass is 111 g/mol. The van der Waals surface area contributed by atoms with Crippen LogP contribution in [0.1, 0.15) is 0 Å². The molecular weight excluding hydrogens is 102 g/mol. The van der Waals surface area contributed by atoms with Gasteiger partial charge in [0.1, 0.15) is 0 Å². The summed E-state index contributed by atoms with van der Waals surface area (Å²) < 4.78 is 0. The van der Waals surface area contributed by atoms with E-state index in [1.165, 1.54) is 0 Å². The first-order chi connectivity index (χ1) is 3.91. The van der Waals surface area contributed by atoms with Crippen LogP contribution in [0.15, 0.2) is 24.8 Å². The molecule has 0 atom stereocenters. The zero-order valence-corrected chi connectivity index (χ0v) is 4.63. The molecule has 44 valence electrons. The fourth-order valence-corrected chi connectivity index (χ4v) is 0.280. The van der Waals surface area contributed by atoms with Gasteiger partial charge in [-0.1, -0.05) is 24.8 Å². The van der Waals surface area contributed by atoms with Crippen LogP contribution in [0.3, 0.4) is 0 Å². The predicted molar refractivity (Wildman–Crippen MR) is 33.4 cm³/mol. The molecule has 0 aliphatic heterocycles. The van der Waals surface area contributed by atoms with E-state index in [2.05, 4.69) is 11.9 Å². The third-order valence-electron chi connectivity index (χ3n) is 0.591. The van der Waals surface area contributed by atoms with Crippen LogP contribution in [-0.4, -0.2) is 13.0 Å².